The maximum Gasteiger partial charge on any atom is 0.323 e. The van der Waals surface area contributed by atoms with Crippen molar-refractivity contribution in [1.29, 1.82) is 0 Å². The van der Waals surface area contributed by atoms with Gasteiger partial charge in [0.1, 0.15) is 23.7 Å². The van der Waals surface area contributed by atoms with Crippen LogP contribution >= 0.6 is 0 Å². The summed E-state index contributed by atoms with van der Waals surface area (Å²) in [7, 11) is 5.49. The van der Waals surface area contributed by atoms with E-state index in [-0.39, 0.29) is 24.0 Å². The number of methoxy groups -OCH3 is 1. The van der Waals surface area contributed by atoms with E-state index in [1.165, 1.54) is 0 Å². The van der Waals surface area contributed by atoms with Crippen molar-refractivity contribution in [1.82, 2.24) is 15.0 Å². The molecule has 0 radical (unpaired) electrons. The van der Waals surface area contributed by atoms with Gasteiger partial charge in [-0.15, -0.1) is 0 Å². The molecule has 3 amide bonds. The fourth-order valence-corrected chi connectivity index (χ4v) is 3.97. The SMILES string of the molecule is CO[C@@H]1CN(C)C(=O)c2ccc(NC(=O)Nc3c(C)noc3C)cc2OC[C@@H](C)N(C)C[C@@H]1C. The molecule has 2 N–H and O–H groups in total. The first kappa shape index (κ1) is 25.5. The summed E-state index contributed by atoms with van der Waals surface area (Å²) in [4.78, 5) is 29.7. The van der Waals surface area contributed by atoms with E-state index in [0.717, 1.165) is 6.54 Å². The summed E-state index contributed by atoms with van der Waals surface area (Å²) >= 11 is 0. The number of hydrogen-bond donors (Lipinski definition) is 2. The average molecular weight is 474 g/mol. The Kier molecular flexibility index (Phi) is 8.16. The fraction of sp³-hybridized carbons (Fsp3) is 0.542. The number of nitrogens with zero attached hydrogens (tertiary/aromatic N) is 3. The predicted octanol–water partition coefficient (Wildman–Crippen LogP) is 3.37. The number of rotatable bonds is 3. The summed E-state index contributed by atoms with van der Waals surface area (Å²) in [5.41, 5.74) is 2.03. The van der Waals surface area contributed by atoms with Gasteiger partial charge in [-0.05, 0) is 45.9 Å². The number of benzene rings is 1. The molecular weight excluding hydrogens is 438 g/mol. The smallest absolute Gasteiger partial charge is 0.323 e. The first-order valence-corrected chi connectivity index (χ1v) is 11.4. The summed E-state index contributed by atoms with van der Waals surface area (Å²) in [5.74, 6) is 0.991. The summed E-state index contributed by atoms with van der Waals surface area (Å²) in [6, 6.07) is 4.68. The van der Waals surface area contributed by atoms with Crippen molar-refractivity contribution in [3.8, 4) is 5.75 Å². The molecule has 34 heavy (non-hydrogen) atoms. The Bertz CT molecular complexity index is 1000. The lowest BCUT2D eigenvalue weighted by atomic mass is 10.0. The Labute approximate surface area is 200 Å². The lowest BCUT2D eigenvalue weighted by molar-refractivity contribution is 0.0150. The van der Waals surface area contributed by atoms with E-state index in [9.17, 15) is 9.59 Å². The zero-order valence-electron chi connectivity index (χ0n) is 21.0. The highest BCUT2D eigenvalue weighted by Crippen LogP contribution is 2.27. The lowest BCUT2D eigenvalue weighted by Crippen LogP contribution is -2.45. The van der Waals surface area contributed by atoms with Crippen LogP contribution in [-0.2, 0) is 4.74 Å². The fourth-order valence-electron chi connectivity index (χ4n) is 3.97. The van der Waals surface area contributed by atoms with E-state index in [4.69, 9.17) is 14.0 Å². The van der Waals surface area contributed by atoms with Gasteiger partial charge in [0.25, 0.3) is 5.91 Å². The van der Waals surface area contributed by atoms with Crippen molar-refractivity contribution in [2.24, 2.45) is 5.92 Å². The van der Waals surface area contributed by atoms with Gasteiger partial charge in [-0.3, -0.25) is 9.69 Å². The van der Waals surface area contributed by atoms with E-state index in [2.05, 4.69) is 41.6 Å². The number of ether oxygens (including phenoxy) is 2. The van der Waals surface area contributed by atoms with Gasteiger partial charge < -0.3 is 29.5 Å². The average Bonchev–Trinajstić information content (AvgIpc) is 3.11. The highest BCUT2D eigenvalue weighted by molar-refractivity contribution is 6.02. The molecule has 0 spiro atoms. The van der Waals surface area contributed by atoms with E-state index >= 15 is 0 Å². The summed E-state index contributed by atoms with van der Waals surface area (Å²) in [6.45, 7) is 9.32. The quantitative estimate of drug-likeness (QED) is 0.703. The minimum atomic E-state index is -0.448. The van der Waals surface area contributed by atoms with Crippen LogP contribution in [0.1, 0.15) is 35.7 Å². The van der Waals surface area contributed by atoms with Gasteiger partial charge in [-0.25, -0.2) is 4.79 Å². The minimum absolute atomic E-state index is 0.0960. The molecule has 3 rings (SSSR count). The van der Waals surface area contributed by atoms with Gasteiger partial charge in [-0.2, -0.15) is 0 Å². The molecule has 3 atom stereocenters. The van der Waals surface area contributed by atoms with Crippen LogP contribution in [0.4, 0.5) is 16.2 Å². The molecule has 0 unspecified atom stereocenters. The van der Waals surface area contributed by atoms with Crippen molar-refractivity contribution in [3.05, 3.63) is 35.2 Å². The summed E-state index contributed by atoms with van der Waals surface area (Å²) in [6.07, 6.45) is -0.0960. The van der Waals surface area contributed by atoms with Crippen LogP contribution in [0, 0.1) is 19.8 Å². The number of nitrogens with one attached hydrogen (secondary N) is 2. The molecular formula is C24H35N5O5. The lowest BCUT2D eigenvalue weighted by Gasteiger charge is -2.34. The number of likely N-dealkylation sites (N-methyl/N-ethyl adjacent to an activating group) is 2. The first-order chi connectivity index (χ1) is 16.1. The highest BCUT2D eigenvalue weighted by atomic mass is 16.5. The van der Waals surface area contributed by atoms with E-state index in [1.807, 2.05) is 0 Å². The molecule has 1 aromatic carbocycles. The molecule has 1 aliphatic heterocycles. The molecule has 0 saturated carbocycles. The zero-order valence-corrected chi connectivity index (χ0v) is 21.0. The first-order valence-electron chi connectivity index (χ1n) is 11.4. The molecule has 0 fully saturated rings. The van der Waals surface area contributed by atoms with Crippen LogP contribution in [0.25, 0.3) is 0 Å². The third kappa shape index (κ3) is 5.87. The second kappa shape index (κ2) is 10.9. The van der Waals surface area contributed by atoms with Gasteiger partial charge in [0.2, 0.25) is 0 Å². The van der Waals surface area contributed by atoms with Crippen molar-refractivity contribution in [2.45, 2.75) is 39.8 Å². The number of carbonyl (C=O) groups is 2. The number of anilines is 2. The molecule has 1 aliphatic rings. The van der Waals surface area contributed by atoms with Gasteiger partial charge in [0.15, 0.2) is 5.76 Å². The van der Waals surface area contributed by atoms with Crippen LogP contribution < -0.4 is 15.4 Å². The zero-order chi connectivity index (χ0) is 25.0. The number of aromatic nitrogens is 1. The largest absolute Gasteiger partial charge is 0.491 e. The molecule has 2 heterocycles. The maximum absolute atomic E-state index is 13.2. The van der Waals surface area contributed by atoms with Crippen LogP contribution in [-0.4, -0.2) is 79.9 Å². The van der Waals surface area contributed by atoms with E-state index < -0.39 is 6.03 Å². The maximum atomic E-state index is 13.2. The molecule has 2 aromatic rings. The topological polar surface area (TPSA) is 109 Å². The number of urea groups is 1. The second-order valence-corrected chi connectivity index (χ2v) is 9.03. The minimum Gasteiger partial charge on any atom is -0.491 e. The Morgan fingerprint density at radius 1 is 1.18 bits per heavy atom. The third-order valence-corrected chi connectivity index (χ3v) is 6.29. The number of hydrogen-bond acceptors (Lipinski definition) is 7. The molecule has 0 saturated heterocycles. The molecule has 186 valence electrons. The predicted molar refractivity (Wildman–Crippen MR) is 130 cm³/mol. The van der Waals surface area contributed by atoms with Crippen molar-refractivity contribution in [2.75, 3.05) is 51.5 Å². The van der Waals surface area contributed by atoms with Crippen LogP contribution in [0.2, 0.25) is 0 Å². The monoisotopic (exact) mass is 473 g/mol. The number of amides is 3. The Morgan fingerprint density at radius 3 is 2.56 bits per heavy atom. The van der Waals surface area contributed by atoms with Crippen LogP contribution in [0.5, 0.6) is 5.75 Å². The molecule has 1 aromatic heterocycles. The van der Waals surface area contributed by atoms with Crippen molar-refractivity contribution < 1.29 is 23.6 Å². The summed E-state index contributed by atoms with van der Waals surface area (Å²) in [5, 5.41) is 9.36. The van der Waals surface area contributed by atoms with Gasteiger partial charge in [0, 0.05) is 45.0 Å². The highest BCUT2D eigenvalue weighted by Gasteiger charge is 2.27. The summed E-state index contributed by atoms with van der Waals surface area (Å²) < 4.78 is 16.9. The molecule has 0 aliphatic carbocycles. The molecule has 0 bridgehead atoms. The standard InChI is InChI=1S/C24H35N5O5/c1-14-11-28(5)15(2)13-33-20-10-18(25-24(31)26-22-16(3)27-34-17(22)4)8-9-19(20)23(30)29(6)12-21(14)32-7/h8-10,14-15,21H,11-13H2,1-7H3,(H2,25,26,31)/t14-,15+,21+/m0/s1. The van der Waals surface area contributed by atoms with E-state index in [1.54, 1.807) is 51.1 Å². The third-order valence-electron chi connectivity index (χ3n) is 6.29. The molecule has 10 nitrogen and oxygen atoms in total. The number of aryl methyl sites for hydroxylation is 2. The Morgan fingerprint density at radius 2 is 1.91 bits per heavy atom. The van der Waals surface area contributed by atoms with Gasteiger partial charge >= 0.3 is 6.03 Å². The Hall–Kier alpha value is -3.11. The van der Waals surface area contributed by atoms with Gasteiger partial charge in [-0.1, -0.05) is 12.1 Å². The molecule has 10 heteroatoms. The Balaban J connectivity index is 1.85. The second-order valence-electron chi connectivity index (χ2n) is 9.03. The number of carbonyl (C=O) groups excluding carboxylic acids is 2. The van der Waals surface area contributed by atoms with Crippen LogP contribution in [0.15, 0.2) is 22.7 Å². The van der Waals surface area contributed by atoms with Gasteiger partial charge in [0.05, 0.1) is 11.7 Å². The van der Waals surface area contributed by atoms with E-state index in [0.29, 0.717) is 47.3 Å². The number of fused-ring (bicyclic) bond motifs is 1. The van der Waals surface area contributed by atoms with Crippen molar-refractivity contribution >= 4 is 23.3 Å². The van der Waals surface area contributed by atoms with Crippen molar-refractivity contribution in [3.63, 3.8) is 0 Å². The normalized spacial score (nSPS) is 22.3. The van der Waals surface area contributed by atoms with Crippen LogP contribution in [0.3, 0.4) is 0 Å².